The summed E-state index contributed by atoms with van der Waals surface area (Å²) in [7, 11) is 4.09. The van der Waals surface area contributed by atoms with E-state index in [1.54, 1.807) is 12.1 Å². The summed E-state index contributed by atoms with van der Waals surface area (Å²) in [5.74, 6) is -2.23. The van der Waals surface area contributed by atoms with Crippen molar-refractivity contribution in [1.82, 2.24) is 14.8 Å². The second-order valence-corrected chi connectivity index (χ2v) is 20.7. The average Bonchev–Trinajstić information content (AvgIpc) is 4.06. The molecule has 0 fully saturated rings. The van der Waals surface area contributed by atoms with E-state index < -0.39 is 23.3 Å². The van der Waals surface area contributed by atoms with E-state index in [4.69, 9.17) is 0 Å². The van der Waals surface area contributed by atoms with Gasteiger partial charge in [-0.2, -0.15) is 13.3 Å². The molecule has 8 aromatic rings. The summed E-state index contributed by atoms with van der Waals surface area (Å²) in [5, 5.41) is 0. The predicted molar refractivity (Wildman–Crippen MR) is 303 cm³/mol. The van der Waals surface area contributed by atoms with Crippen molar-refractivity contribution in [2.45, 2.75) is 79.1 Å². The van der Waals surface area contributed by atoms with Crippen LogP contribution in [0.3, 0.4) is 0 Å². The van der Waals surface area contributed by atoms with Crippen LogP contribution in [0.2, 0.25) is 0 Å². The standard InChI is InChI=1S/C35H27F4N.C32H35N4.Ir/c1-20(2)29-14-23(22-8-6-5-7-9-22)15-30(21(3)4)35(29)24-16-33(27-12-10-25(36)18-31(27)38)40-34(17-24)28-13-11-26(37)19-32(28)39;1-23(2)30-18-26(25-10-8-7-9-11-25)19-31(24(3)4)32(30)27-16-28(35-14-12-33(5)21-35)20-29(17-27)36-15-13-34(6)22-36;/h5-11,14-21H,1-4H3;7-19,21-24H,1-6H3;/q-2;-3;. The van der Waals surface area contributed by atoms with Crippen LogP contribution < -0.4 is 9.80 Å². The summed E-state index contributed by atoms with van der Waals surface area (Å²) in [6.07, 6.45) is 8.29. The Kier molecular flexibility index (Phi) is 17.4. The fourth-order valence-corrected chi connectivity index (χ4v) is 9.82. The molecule has 0 aliphatic carbocycles. The molecule has 0 atom stereocenters. The Morgan fingerprint density at radius 3 is 1.09 bits per heavy atom. The van der Waals surface area contributed by atoms with Gasteiger partial charge in [0.1, 0.15) is 0 Å². The molecular formula is C67H62F4IrN5-5. The first-order valence-electron chi connectivity index (χ1n) is 25.8. The number of hydrogen-bond donors (Lipinski definition) is 0. The Hall–Kier alpha value is -7.26. The zero-order chi connectivity index (χ0) is 53.9. The van der Waals surface area contributed by atoms with Crippen LogP contribution in [0.25, 0.3) is 67.0 Å². The smallest absolute Gasteiger partial charge is 0.0408 e. The molecule has 10 heteroatoms. The number of rotatable bonds is 12. The van der Waals surface area contributed by atoms with Crippen molar-refractivity contribution in [2.75, 3.05) is 23.9 Å². The van der Waals surface area contributed by atoms with Crippen molar-refractivity contribution in [3.8, 4) is 67.0 Å². The quantitative estimate of drug-likeness (QED) is 0.0897. The van der Waals surface area contributed by atoms with Crippen molar-refractivity contribution in [3.63, 3.8) is 0 Å². The summed E-state index contributed by atoms with van der Waals surface area (Å²) in [4.78, 5) is 12.9. The van der Waals surface area contributed by atoms with E-state index in [0.29, 0.717) is 17.4 Å². The number of benzene rings is 7. The van der Waals surface area contributed by atoms with Gasteiger partial charge in [-0.05, 0) is 135 Å². The van der Waals surface area contributed by atoms with Gasteiger partial charge in [0.25, 0.3) is 0 Å². The van der Waals surface area contributed by atoms with E-state index in [1.807, 2.05) is 32.3 Å². The Balaban J connectivity index is 0.000000202. The zero-order valence-electron chi connectivity index (χ0n) is 45.1. The first kappa shape index (κ1) is 56.0. The fourth-order valence-electron chi connectivity index (χ4n) is 9.82. The number of nitrogens with zero attached hydrogens (tertiary/aromatic N) is 5. The van der Waals surface area contributed by atoms with E-state index in [1.165, 1.54) is 33.4 Å². The van der Waals surface area contributed by atoms with E-state index in [9.17, 15) is 17.6 Å². The molecular weight excluding hydrogens is 1140 g/mol. The summed E-state index contributed by atoms with van der Waals surface area (Å²) in [6.45, 7) is 21.8. The van der Waals surface area contributed by atoms with Crippen LogP contribution in [0.15, 0.2) is 158 Å². The molecule has 397 valence electrons. The van der Waals surface area contributed by atoms with Crippen molar-refractivity contribution in [2.24, 2.45) is 0 Å². The van der Waals surface area contributed by atoms with Gasteiger partial charge in [-0.3, -0.25) is 17.6 Å². The molecule has 0 saturated carbocycles. The van der Waals surface area contributed by atoms with Gasteiger partial charge in [0, 0.05) is 43.4 Å². The minimum atomic E-state index is -0.841. The van der Waals surface area contributed by atoms with Gasteiger partial charge in [0.15, 0.2) is 0 Å². The van der Waals surface area contributed by atoms with Crippen LogP contribution in [0.1, 0.15) is 101 Å². The summed E-state index contributed by atoms with van der Waals surface area (Å²) in [5.41, 5.74) is 16.0. The third kappa shape index (κ3) is 12.5. The van der Waals surface area contributed by atoms with Gasteiger partial charge in [0.2, 0.25) is 0 Å². The molecule has 1 aromatic heterocycles. The molecule has 5 nitrogen and oxygen atoms in total. The zero-order valence-corrected chi connectivity index (χ0v) is 47.5. The first-order chi connectivity index (χ1) is 36.4. The first-order valence-corrected chi connectivity index (χ1v) is 25.8. The largest absolute Gasteiger partial charge is 0.510 e. The van der Waals surface area contributed by atoms with E-state index in [-0.39, 0.29) is 54.5 Å². The Morgan fingerprint density at radius 2 is 0.779 bits per heavy atom. The molecule has 0 N–H and O–H groups in total. The van der Waals surface area contributed by atoms with Crippen LogP contribution in [0, 0.1) is 54.8 Å². The Bertz CT molecular complexity index is 3270. The number of halogens is 4. The topological polar surface area (TPSA) is 25.9 Å². The number of aromatic nitrogens is 1. The van der Waals surface area contributed by atoms with Crippen LogP contribution in [-0.4, -0.2) is 28.9 Å². The molecule has 3 heterocycles. The van der Waals surface area contributed by atoms with Gasteiger partial charge in [-0.25, -0.2) is 0 Å². The summed E-state index contributed by atoms with van der Waals surface area (Å²) < 4.78 is 57.3. The Labute approximate surface area is 466 Å². The molecule has 1 radical (unpaired) electrons. The third-order valence-corrected chi connectivity index (χ3v) is 13.7. The second kappa shape index (κ2) is 24.0. The predicted octanol–water partition coefficient (Wildman–Crippen LogP) is 17.9. The molecule has 0 unspecified atom stereocenters. The van der Waals surface area contributed by atoms with E-state index >= 15 is 0 Å². The van der Waals surface area contributed by atoms with Gasteiger partial charge in [0.05, 0.1) is 0 Å². The normalized spacial score (nSPS) is 13.1. The number of hydrogen-bond acceptors (Lipinski definition) is 5. The van der Waals surface area contributed by atoms with Gasteiger partial charge >= 0.3 is 0 Å². The summed E-state index contributed by atoms with van der Waals surface area (Å²) in [6, 6.07) is 50.4. The van der Waals surface area contributed by atoms with Crippen LogP contribution in [0.4, 0.5) is 28.9 Å². The maximum absolute atomic E-state index is 14.9. The molecule has 2 aliphatic rings. The number of pyridine rings is 1. The third-order valence-electron chi connectivity index (χ3n) is 13.7. The van der Waals surface area contributed by atoms with Crippen LogP contribution in [0.5, 0.6) is 0 Å². The van der Waals surface area contributed by atoms with Gasteiger partial charge in [-0.15, -0.1) is 59.4 Å². The number of anilines is 2. The minimum Gasteiger partial charge on any atom is -0.510 e. The van der Waals surface area contributed by atoms with Crippen molar-refractivity contribution < 1.29 is 37.7 Å². The van der Waals surface area contributed by atoms with Crippen LogP contribution in [-0.2, 0) is 20.1 Å². The summed E-state index contributed by atoms with van der Waals surface area (Å²) >= 11 is 0. The average molecular weight is 1210 g/mol. The molecule has 10 rings (SSSR count). The molecule has 7 aromatic carbocycles. The molecule has 77 heavy (non-hydrogen) atoms. The van der Waals surface area contributed by atoms with Gasteiger partial charge < -0.3 is 24.6 Å². The minimum absolute atomic E-state index is 0. The van der Waals surface area contributed by atoms with Crippen LogP contribution >= 0.6 is 0 Å². The Morgan fingerprint density at radius 1 is 0.429 bits per heavy atom. The maximum Gasteiger partial charge on any atom is 0.0408 e. The second-order valence-electron chi connectivity index (χ2n) is 20.7. The van der Waals surface area contributed by atoms with Crippen molar-refractivity contribution in [1.29, 1.82) is 0 Å². The van der Waals surface area contributed by atoms with E-state index in [2.05, 4.69) is 215 Å². The van der Waals surface area contributed by atoms with Crippen molar-refractivity contribution >= 4 is 11.4 Å². The fraction of sp³-hybridized carbons (Fsp3) is 0.209. The monoisotopic (exact) mass is 1210 g/mol. The van der Waals surface area contributed by atoms with Crippen molar-refractivity contribution in [3.05, 3.63) is 235 Å². The van der Waals surface area contributed by atoms with E-state index in [0.717, 1.165) is 63.5 Å². The molecule has 0 bridgehead atoms. The molecule has 0 spiro atoms. The van der Waals surface area contributed by atoms with Gasteiger partial charge in [-0.1, -0.05) is 176 Å². The SMILES string of the molecule is CC(C)c1cc(-c2ccccc2)cc(C(C)C)c1-c1cc(-c2[c-]cc(F)cc2F)nc(-c2[c-]cc(F)cc2F)c1.CC(C)c1cc(-c2ccccc2)cc(C(C)C)c1-c1cc(N2C=CN(C)[CH-]2)[c-]c(N2C=CN(C)[CH-]2)c1.[Ir]. The maximum atomic E-state index is 14.9. The molecule has 0 amide bonds. The molecule has 0 saturated heterocycles. The molecule has 2 aliphatic heterocycles.